The molecule has 3 aromatic heterocycles. The average molecular weight is 570 g/mol. The fraction of sp³-hybridized carbons (Fsp3) is 0. The molecule has 1 radical (unpaired) electrons. The third-order valence-electron chi connectivity index (χ3n) is 4.65. The van der Waals surface area contributed by atoms with Crippen LogP contribution >= 0.6 is 0 Å². The van der Waals surface area contributed by atoms with Crippen LogP contribution in [0.1, 0.15) is 0 Å². The Labute approximate surface area is 232 Å². The van der Waals surface area contributed by atoms with Crippen molar-refractivity contribution in [1.29, 1.82) is 0 Å². The first-order chi connectivity index (χ1) is 18.4. The van der Waals surface area contributed by atoms with Crippen molar-refractivity contribution in [3.8, 4) is 0 Å². The molecule has 0 saturated carbocycles. The van der Waals surface area contributed by atoms with Crippen LogP contribution in [-0.2, 0) is 16.8 Å². The number of aromatic nitrogens is 3. The van der Waals surface area contributed by atoms with Crippen molar-refractivity contribution in [2.75, 3.05) is 0 Å². The van der Waals surface area contributed by atoms with Gasteiger partial charge < -0.3 is 30.6 Å². The van der Waals surface area contributed by atoms with Crippen LogP contribution < -0.4 is 0 Å². The molecular weight excluding hydrogens is 549 g/mol. The van der Waals surface area contributed by atoms with Crippen molar-refractivity contribution in [1.82, 2.24) is 15.0 Å². The second-order valence-corrected chi connectivity index (χ2v) is 7.12. The first-order valence-corrected chi connectivity index (χ1v) is 10.9. The predicted octanol–water partition coefficient (Wildman–Crippen LogP) is 6.22. The van der Waals surface area contributed by atoms with Gasteiger partial charge in [-0.05, 0) is 50.5 Å². The van der Waals surface area contributed by atoms with Crippen LogP contribution in [0.15, 0.2) is 128 Å². The fourth-order valence-corrected chi connectivity index (χ4v) is 3.08. The fourth-order valence-electron chi connectivity index (χ4n) is 3.08. The minimum Gasteiger partial charge on any atom is -0.356 e. The Kier molecular flexibility index (Phi) is 14.8. The molecule has 0 aliphatic carbocycles. The number of benzene rings is 3. The van der Waals surface area contributed by atoms with E-state index in [1.165, 1.54) is 32.3 Å². The summed E-state index contributed by atoms with van der Waals surface area (Å²) in [5.74, 6) is 0. The van der Waals surface area contributed by atoms with Gasteiger partial charge in [0.2, 0.25) is 0 Å². The van der Waals surface area contributed by atoms with E-state index >= 15 is 0 Å². The molecule has 0 amide bonds. The molecule has 12 heteroatoms. The Bertz CT molecular complexity index is 1200. The van der Waals surface area contributed by atoms with E-state index < -0.39 is 10.2 Å². The van der Waals surface area contributed by atoms with Crippen LogP contribution in [0.5, 0.6) is 0 Å². The summed E-state index contributed by atoms with van der Waals surface area (Å²) in [6.45, 7) is 0. The van der Waals surface area contributed by atoms with Crippen LogP contribution in [0.4, 0.5) is 0 Å². The molecule has 199 valence electrons. The molecule has 0 bridgehead atoms. The largest absolute Gasteiger partial charge is 2.00 e. The van der Waals surface area contributed by atoms with Crippen LogP contribution in [-0.4, -0.2) is 25.1 Å². The van der Waals surface area contributed by atoms with Crippen LogP contribution in [0.25, 0.3) is 32.3 Å². The third kappa shape index (κ3) is 13.1. The maximum absolute atomic E-state index is 8.25. The first kappa shape index (κ1) is 31.8. The van der Waals surface area contributed by atoms with Gasteiger partial charge in [-0.3, -0.25) is 15.0 Å². The predicted molar refractivity (Wildman–Crippen MR) is 146 cm³/mol. The molecule has 0 atom stereocenters. The summed E-state index contributed by atoms with van der Waals surface area (Å²) in [7, 11) is 0. The Balaban J connectivity index is 0.000000255. The maximum Gasteiger partial charge on any atom is 2.00 e. The zero-order valence-electron chi connectivity index (χ0n) is 20.1. The summed E-state index contributed by atoms with van der Waals surface area (Å²) in [4.78, 5) is 28.5. The van der Waals surface area contributed by atoms with E-state index in [9.17, 15) is 0 Å². The quantitative estimate of drug-likeness (QED) is 0.152. The first-order valence-electron chi connectivity index (χ1n) is 10.9. The average Bonchev–Trinajstić information content (AvgIpc) is 2.93. The molecule has 0 aliphatic heterocycles. The minimum atomic E-state index is -1.75. The van der Waals surface area contributed by atoms with Gasteiger partial charge in [0.25, 0.3) is 0 Å². The van der Waals surface area contributed by atoms with E-state index in [2.05, 4.69) is 51.4 Å². The zero-order valence-corrected chi connectivity index (χ0v) is 21.2. The molecule has 0 unspecified atom stereocenters. The normalized spacial score (nSPS) is 8.92. The Morgan fingerprint density at radius 1 is 0.410 bits per heavy atom. The van der Waals surface area contributed by atoms with Gasteiger partial charge in [0.15, 0.2) is 0 Å². The van der Waals surface area contributed by atoms with Gasteiger partial charge in [-0.15, -0.1) is 0 Å². The number of pyridine rings is 3. The monoisotopic (exact) mass is 570 g/mol. The molecule has 0 fully saturated rings. The van der Waals surface area contributed by atoms with Crippen molar-refractivity contribution in [2.24, 2.45) is 0 Å². The minimum absolute atomic E-state index is 0. The van der Waals surface area contributed by atoms with E-state index in [4.69, 9.17) is 30.6 Å². The van der Waals surface area contributed by atoms with E-state index in [0.29, 0.717) is 0 Å². The molecule has 0 saturated heterocycles. The maximum atomic E-state index is 8.25. The summed E-state index contributed by atoms with van der Waals surface area (Å²) < 4.78 is 0. The van der Waals surface area contributed by atoms with Gasteiger partial charge in [-0.1, -0.05) is 72.8 Å². The molecule has 0 N–H and O–H groups in total. The summed E-state index contributed by atoms with van der Waals surface area (Å²) in [5, 5.41) is 36.8. The van der Waals surface area contributed by atoms with E-state index in [1.807, 2.05) is 91.8 Å². The SMILES string of the molecule is O=[N+]([O-])[O-].O=[N+]([O-])[O-].[Co+2].c1ccc2cnccc2c1.c1ccc2cnccc2c1.c1ccc2cnccc2c1. The molecule has 0 aliphatic rings. The van der Waals surface area contributed by atoms with Gasteiger partial charge in [-0.25, -0.2) is 0 Å². The van der Waals surface area contributed by atoms with E-state index in [0.717, 1.165) is 0 Å². The molecule has 3 heterocycles. The number of fused-ring (bicyclic) bond motifs is 3. The van der Waals surface area contributed by atoms with Gasteiger partial charge in [-0.2, -0.15) is 0 Å². The smallest absolute Gasteiger partial charge is 0.356 e. The topological polar surface area (TPSA) is 171 Å². The molecule has 39 heavy (non-hydrogen) atoms. The summed E-state index contributed by atoms with van der Waals surface area (Å²) in [6, 6.07) is 30.6. The molecule has 0 spiro atoms. The zero-order chi connectivity index (χ0) is 27.6. The van der Waals surface area contributed by atoms with Crippen molar-refractivity contribution in [3.63, 3.8) is 0 Å². The molecular formula is C27H21CoN5O6. The van der Waals surface area contributed by atoms with Crippen molar-refractivity contribution < 1.29 is 27.0 Å². The van der Waals surface area contributed by atoms with Crippen LogP contribution in [0, 0.1) is 30.6 Å². The van der Waals surface area contributed by atoms with E-state index in [1.54, 1.807) is 0 Å². The Morgan fingerprint density at radius 2 is 0.615 bits per heavy atom. The Hall–Kier alpha value is -5.20. The van der Waals surface area contributed by atoms with Gasteiger partial charge in [0.05, 0.1) is 10.2 Å². The second kappa shape index (κ2) is 18.1. The Morgan fingerprint density at radius 3 is 0.821 bits per heavy atom. The van der Waals surface area contributed by atoms with Crippen LogP contribution in [0.3, 0.4) is 0 Å². The number of nitrogens with zero attached hydrogens (tertiary/aromatic N) is 5. The molecule has 6 aromatic rings. The van der Waals surface area contributed by atoms with Crippen molar-refractivity contribution in [2.45, 2.75) is 0 Å². The van der Waals surface area contributed by atoms with Gasteiger partial charge >= 0.3 is 16.8 Å². The van der Waals surface area contributed by atoms with Crippen molar-refractivity contribution >= 4 is 32.3 Å². The third-order valence-corrected chi connectivity index (χ3v) is 4.65. The van der Waals surface area contributed by atoms with Gasteiger partial charge in [0.1, 0.15) is 0 Å². The van der Waals surface area contributed by atoms with E-state index in [-0.39, 0.29) is 16.8 Å². The summed E-state index contributed by atoms with van der Waals surface area (Å²) in [6.07, 6.45) is 11.0. The van der Waals surface area contributed by atoms with Crippen molar-refractivity contribution in [3.05, 3.63) is 159 Å². The molecule has 3 aromatic carbocycles. The van der Waals surface area contributed by atoms with Gasteiger partial charge in [0, 0.05) is 37.2 Å². The molecule has 6 rings (SSSR count). The second-order valence-electron chi connectivity index (χ2n) is 7.12. The number of hydrogen-bond donors (Lipinski definition) is 0. The summed E-state index contributed by atoms with van der Waals surface area (Å²) >= 11 is 0. The number of hydrogen-bond acceptors (Lipinski definition) is 9. The standard InChI is InChI=1S/3C9H7N.Co.2NO3/c3*1-2-4-9-7-10-6-5-8(9)3-1;;2*2-1(3)4/h3*1-7H;;;/q;;;+2;2*-1. The van der Waals surface area contributed by atoms with Crippen LogP contribution in [0.2, 0.25) is 0 Å². The summed E-state index contributed by atoms with van der Waals surface area (Å²) in [5.41, 5.74) is 0. The molecule has 11 nitrogen and oxygen atoms in total. The number of rotatable bonds is 0.